The van der Waals surface area contributed by atoms with Crippen LogP contribution in [0.5, 0.6) is 0 Å². The van der Waals surface area contributed by atoms with Crippen LogP contribution in [0.4, 0.5) is 5.69 Å². The molecule has 0 aliphatic heterocycles. The Morgan fingerprint density at radius 3 is 2.61 bits per heavy atom. The molecule has 6 rings (SSSR count). The molecule has 0 saturated heterocycles. The van der Waals surface area contributed by atoms with Gasteiger partial charge in [-0.3, -0.25) is 9.36 Å². The summed E-state index contributed by atoms with van der Waals surface area (Å²) < 4.78 is 1.71. The molecular formula is C23H23ClN4O3. The number of aromatic carboxylic acids is 1. The lowest BCUT2D eigenvalue weighted by Crippen LogP contribution is -2.57. The Kier molecular flexibility index (Phi) is 4.38. The van der Waals surface area contributed by atoms with Crippen LogP contribution in [0.2, 0.25) is 5.15 Å². The molecule has 1 aromatic carbocycles. The van der Waals surface area contributed by atoms with Crippen molar-refractivity contribution in [3.63, 3.8) is 0 Å². The van der Waals surface area contributed by atoms with Crippen LogP contribution in [-0.4, -0.2) is 25.6 Å². The van der Waals surface area contributed by atoms with Crippen molar-refractivity contribution in [1.82, 2.24) is 14.5 Å². The minimum Gasteiger partial charge on any atom is -0.476 e. The van der Waals surface area contributed by atoms with E-state index in [0.29, 0.717) is 16.6 Å². The number of halogens is 1. The summed E-state index contributed by atoms with van der Waals surface area (Å²) in [5.41, 5.74) is 2.70. The Morgan fingerprint density at radius 1 is 1.29 bits per heavy atom. The third-order valence-corrected chi connectivity index (χ3v) is 6.98. The molecule has 1 unspecified atom stereocenters. The number of hydrogen-bond donors (Lipinski definition) is 2. The van der Waals surface area contributed by atoms with E-state index in [-0.39, 0.29) is 27.9 Å². The molecule has 0 spiro atoms. The van der Waals surface area contributed by atoms with Gasteiger partial charge < -0.3 is 10.4 Å². The molecule has 3 aromatic rings. The zero-order chi connectivity index (χ0) is 22.1. The minimum atomic E-state index is -1.16. The van der Waals surface area contributed by atoms with E-state index in [4.69, 9.17) is 16.6 Å². The molecule has 0 radical (unpaired) electrons. The molecule has 1 atom stereocenters. The van der Waals surface area contributed by atoms with Gasteiger partial charge in [0.1, 0.15) is 11.0 Å². The molecule has 8 heteroatoms. The van der Waals surface area contributed by atoms with Crippen LogP contribution >= 0.6 is 11.6 Å². The monoisotopic (exact) mass is 438 g/mol. The number of aromatic nitrogens is 3. The first kappa shape index (κ1) is 20.0. The van der Waals surface area contributed by atoms with Crippen molar-refractivity contribution in [2.45, 2.75) is 44.6 Å². The van der Waals surface area contributed by atoms with E-state index in [2.05, 4.69) is 10.3 Å². The Morgan fingerprint density at radius 2 is 2.00 bits per heavy atom. The lowest BCUT2D eigenvalue weighted by molar-refractivity contribution is -0.0373. The lowest BCUT2D eigenvalue weighted by Gasteiger charge is -2.61. The molecular weight excluding hydrogens is 416 g/mol. The number of benzene rings is 1. The number of carbonyl (C=O) groups is 1. The van der Waals surface area contributed by atoms with Gasteiger partial charge in [0.2, 0.25) is 0 Å². The lowest BCUT2D eigenvalue weighted by atomic mass is 9.44. The average Bonchev–Trinajstić information content (AvgIpc) is 2.64. The summed E-state index contributed by atoms with van der Waals surface area (Å²) in [6, 6.07) is 6.73. The normalized spacial score (nSPS) is 22.5. The minimum absolute atomic E-state index is 0.0405. The summed E-state index contributed by atoms with van der Waals surface area (Å²) in [6.07, 6.45) is 3.31. The number of nitrogens with zero attached hydrogens (tertiary/aromatic N) is 3. The number of hydrogen-bond acceptors (Lipinski definition) is 5. The Hall–Kier alpha value is -2.93. The summed E-state index contributed by atoms with van der Waals surface area (Å²) in [6.45, 7) is 3.87. The van der Waals surface area contributed by atoms with Gasteiger partial charge in [-0.15, -0.1) is 0 Å². The van der Waals surface area contributed by atoms with E-state index in [0.717, 1.165) is 42.1 Å². The van der Waals surface area contributed by atoms with Gasteiger partial charge in [-0.25, -0.2) is 14.8 Å². The van der Waals surface area contributed by atoms with E-state index in [1.165, 1.54) is 0 Å². The first-order valence-electron chi connectivity index (χ1n) is 10.4. The summed E-state index contributed by atoms with van der Waals surface area (Å²) in [4.78, 5) is 33.8. The summed E-state index contributed by atoms with van der Waals surface area (Å²) >= 11 is 5.88. The zero-order valence-corrected chi connectivity index (χ0v) is 18.3. The molecule has 3 saturated carbocycles. The molecule has 3 fully saturated rings. The second-order valence-electron chi connectivity index (χ2n) is 9.01. The molecule has 160 valence electrons. The van der Waals surface area contributed by atoms with Crippen LogP contribution in [0.1, 0.15) is 59.7 Å². The molecule has 31 heavy (non-hydrogen) atoms. The number of fused-ring (bicyclic) bond motifs is 1. The van der Waals surface area contributed by atoms with Gasteiger partial charge >= 0.3 is 5.97 Å². The molecule has 2 aromatic heterocycles. The van der Waals surface area contributed by atoms with E-state index < -0.39 is 5.97 Å². The number of nitrogens with one attached hydrogen (secondary N) is 1. The van der Waals surface area contributed by atoms with E-state index in [9.17, 15) is 14.7 Å². The van der Waals surface area contributed by atoms with Crippen molar-refractivity contribution < 1.29 is 9.90 Å². The highest BCUT2D eigenvalue weighted by atomic mass is 35.5. The number of anilines is 1. The summed E-state index contributed by atoms with van der Waals surface area (Å²) in [5, 5.41) is 13.4. The van der Waals surface area contributed by atoms with Crippen molar-refractivity contribution >= 4 is 34.2 Å². The molecule has 7 nitrogen and oxygen atoms in total. The van der Waals surface area contributed by atoms with Gasteiger partial charge in [0.25, 0.3) is 5.56 Å². The maximum atomic E-state index is 13.2. The van der Waals surface area contributed by atoms with Crippen LogP contribution in [0.25, 0.3) is 10.9 Å². The van der Waals surface area contributed by atoms with Crippen LogP contribution in [0.15, 0.2) is 29.1 Å². The highest BCUT2D eigenvalue weighted by Crippen LogP contribution is 2.64. The number of pyridine rings is 1. The fourth-order valence-electron chi connectivity index (χ4n) is 5.13. The fourth-order valence-corrected chi connectivity index (χ4v) is 5.28. The second kappa shape index (κ2) is 6.79. The highest BCUT2D eigenvalue weighted by molar-refractivity contribution is 6.29. The number of carboxylic acids is 1. The predicted molar refractivity (Wildman–Crippen MR) is 119 cm³/mol. The van der Waals surface area contributed by atoms with Gasteiger partial charge in [-0.2, -0.15) is 0 Å². The number of rotatable bonds is 5. The third kappa shape index (κ3) is 3.02. The molecule has 0 amide bonds. The largest absolute Gasteiger partial charge is 0.476 e. The van der Waals surface area contributed by atoms with E-state index in [1.807, 2.05) is 33.0 Å². The topological polar surface area (TPSA) is 97.1 Å². The Balaban J connectivity index is 1.63. The maximum Gasteiger partial charge on any atom is 0.356 e. The summed E-state index contributed by atoms with van der Waals surface area (Å²) in [5.74, 6) is 0.478. The quantitative estimate of drug-likeness (QED) is 0.579. The van der Waals surface area contributed by atoms with Crippen LogP contribution in [0.3, 0.4) is 0 Å². The molecule has 2 bridgehead atoms. The van der Waals surface area contributed by atoms with Crippen LogP contribution in [0, 0.1) is 12.8 Å². The molecule has 3 aliphatic carbocycles. The van der Waals surface area contributed by atoms with Crippen LogP contribution < -0.4 is 10.9 Å². The standard InChI is InChI=1S/C23H23ClN4O3/c1-11-6-14(12(2)25-16-4-5-17(24)26-19(16)21(30)31)18-15(7-11)20(29)28(3)22(27-18)23-8-13(9-23)10-23/h4-7,12-13,25H,8-10H2,1-3H3,(H,30,31). The zero-order valence-electron chi connectivity index (χ0n) is 17.6. The van der Waals surface area contributed by atoms with E-state index >= 15 is 0 Å². The SMILES string of the molecule is Cc1cc(C(C)Nc2ccc(Cl)nc2C(=O)O)c2nc(C34CC(C3)C4)n(C)c(=O)c2c1. The molecule has 2 N–H and O–H groups in total. The first-order valence-corrected chi connectivity index (χ1v) is 10.7. The maximum absolute atomic E-state index is 13.2. The number of aryl methyl sites for hydroxylation is 1. The van der Waals surface area contributed by atoms with Gasteiger partial charge in [0.15, 0.2) is 5.69 Å². The van der Waals surface area contributed by atoms with Crippen molar-refractivity contribution in [2.75, 3.05) is 5.32 Å². The predicted octanol–water partition coefficient (Wildman–Crippen LogP) is 4.21. The van der Waals surface area contributed by atoms with Gasteiger partial charge in [0.05, 0.1) is 22.6 Å². The number of carboxylic acid groups (broad SMARTS) is 1. The smallest absolute Gasteiger partial charge is 0.356 e. The average molecular weight is 439 g/mol. The highest BCUT2D eigenvalue weighted by Gasteiger charge is 2.59. The van der Waals surface area contributed by atoms with Crippen molar-refractivity contribution in [3.8, 4) is 0 Å². The fraction of sp³-hybridized carbons (Fsp3) is 0.391. The summed E-state index contributed by atoms with van der Waals surface area (Å²) in [7, 11) is 1.81. The van der Waals surface area contributed by atoms with E-state index in [1.54, 1.807) is 16.7 Å². The van der Waals surface area contributed by atoms with Crippen LogP contribution in [-0.2, 0) is 12.5 Å². The van der Waals surface area contributed by atoms with Crippen molar-refractivity contribution in [1.29, 1.82) is 0 Å². The third-order valence-electron chi connectivity index (χ3n) is 6.77. The van der Waals surface area contributed by atoms with Gasteiger partial charge in [-0.05, 0) is 62.8 Å². The second-order valence-corrected chi connectivity index (χ2v) is 9.40. The first-order chi connectivity index (χ1) is 14.7. The van der Waals surface area contributed by atoms with Gasteiger partial charge in [-0.1, -0.05) is 17.7 Å². The molecule has 2 heterocycles. The Bertz CT molecular complexity index is 1300. The Labute approximate surface area is 184 Å². The van der Waals surface area contributed by atoms with Crippen molar-refractivity contribution in [2.24, 2.45) is 13.0 Å². The van der Waals surface area contributed by atoms with Crippen molar-refractivity contribution in [3.05, 3.63) is 62.4 Å². The van der Waals surface area contributed by atoms with Gasteiger partial charge in [0, 0.05) is 18.0 Å². The molecule has 3 aliphatic rings.